The van der Waals surface area contributed by atoms with E-state index in [0.29, 0.717) is 86.4 Å². The van der Waals surface area contributed by atoms with Crippen molar-refractivity contribution in [2.75, 3.05) is 50.1 Å². The minimum absolute atomic E-state index is 0.0249. The highest BCUT2D eigenvalue weighted by Gasteiger charge is 2.32. The fourth-order valence-corrected chi connectivity index (χ4v) is 10.2. The number of nitrogens with zero attached hydrogens (tertiary/aromatic N) is 10. The summed E-state index contributed by atoms with van der Waals surface area (Å²) in [7, 11) is 9.05. The van der Waals surface area contributed by atoms with Crippen LogP contribution in [-0.4, -0.2) is 135 Å². The van der Waals surface area contributed by atoms with Crippen molar-refractivity contribution in [1.82, 2.24) is 54.4 Å². The number of ketones is 5. The zero-order valence-electron chi connectivity index (χ0n) is 69.5. The van der Waals surface area contributed by atoms with Crippen LogP contribution in [0.5, 0.6) is 17.2 Å². The lowest BCUT2D eigenvalue weighted by atomic mass is 10.0. The van der Waals surface area contributed by atoms with Gasteiger partial charge in [-0.05, 0) is 75.7 Å². The topological polar surface area (TPSA) is 425 Å². The Morgan fingerprint density at radius 1 is 0.573 bits per heavy atom. The second-order valence-corrected chi connectivity index (χ2v) is 25.6. The van der Waals surface area contributed by atoms with Crippen molar-refractivity contribution in [1.29, 1.82) is 0 Å². The molecule has 35 heteroatoms. The van der Waals surface area contributed by atoms with Crippen molar-refractivity contribution >= 4 is 139 Å². The van der Waals surface area contributed by atoms with E-state index in [2.05, 4.69) is 65.8 Å². The Balaban J connectivity index is 0.000000223. The molecule has 0 spiro atoms. The van der Waals surface area contributed by atoms with Crippen molar-refractivity contribution in [2.24, 2.45) is 43.5 Å². The van der Waals surface area contributed by atoms with Crippen molar-refractivity contribution in [3.05, 3.63) is 174 Å². The van der Waals surface area contributed by atoms with E-state index in [0.717, 1.165) is 69.7 Å². The van der Waals surface area contributed by atoms with E-state index < -0.39 is 68.1 Å². The number of esters is 1. The van der Waals surface area contributed by atoms with Crippen molar-refractivity contribution in [3.8, 4) is 40.0 Å². The van der Waals surface area contributed by atoms with Gasteiger partial charge in [0.25, 0.3) is 0 Å². The van der Waals surface area contributed by atoms with E-state index >= 15 is 0 Å². The maximum absolute atomic E-state index is 12.5. The lowest BCUT2D eigenvalue weighted by molar-refractivity contribution is -0.143. The molecule has 3 saturated carbocycles. The average molecular weight is 1620 g/mol. The third kappa shape index (κ3) is 26.1. The maximum atomic E-state index is 12.5. The number of aromatic amines is 1. The number of hydrogen-bond donors (Lipinski definition) is 6. The fourth-order valence-electron chi connectivity index (χ4n) is 9.13. The number of methoxy groups -OCH3 is 4. The van der Waals surface area contributed by atoms with Gasteiger partial charge in [-0.15, -0.1) is 0 Å². The van der Waals surface area contributed by atoms with Gasteiger partial charge in [0.15, 0.2) is 57.5 Å². The number of anilines is 5. The first-order valence-electron chi connectivity index (χ1n) is 37.7. The van der Waals surface area contributed by atoms with Gasteiger partial charge in [0, 0.05) is 125 Å². The molecule has 0 aliphatic heterocycles. The number of pyridine rings is 5. The molecule has 7 aromatic heterocycles. The Labute approximate surface area is 671 Å². The molecule has 1 atom stereocenters. The molecule has 0 bridgehead atoms. The summed E-state index contributed by atoms with van der Waals surface area (Å²) in [5, 5.41) is 18.1. The van der Waals surface area contributed by atoms with Gasteiger partial charge in [0.05, 0.1) is 94.5 Å². The number of ether oxygens (including phenoxy) is 4. The van der Waals surface area contributed by atoms with Gasteiger partial charge in [-0.2, -0.15) is 10.2 Å². The first-order valence-corrected chi connectivity index (χ1v) is 35.1. The Bertz CT molecular complexity index is 5220. The van der Waals surface area contributed by atoms with E-state index in [1.165, 1.54) is 43.9 Å². The normalized spacial score (nSPS) is 14.0. The average Bonchev–Trinajstić information content (AvgIpc) is 1.58. The number of H-pyrrole nitrogens is 1. The molecule has 3 amide bonds. The van der Waals surface area contributed by atoms with Crippen LogP contribution in [0.25, 0.3) is 22.8 Å². The summed E-state index contributed by atoms with van der Waals surface area (Å²) < 4.78 is 86.9. The van der Waals surface area contributed by atoms with Crippen LogP contribution in [0.15, 0.2) is 115 Å². The van der Waals surface area contributed by atoms with Crippen LogP contribution < -0.4 is 47.1 Å². The molecular weight excluding hydrogens is 1530 g/mol. The SMILES string of the molecule is CCC(=O)c1cnc(NC(=O)C2CC2)cc1Cl.CCC(=O)c1cnc(NC(=O)C2CC2)cc1Nc1cccc(-c2ncn(C)n2)c1OC.COc1c(N)cccc1-c1ncn(C)n1.NC(=O)C1CC1.[2H]C([2H])([2H])C(C(=O)OC)C(=O)c1cnc(Cl)cc1OC.[2H]C([2H])([2H])CC(=O)c1c[nH]c(Cl)cc1=O.[2H]C([2H])([2H])CC(=O)c1cnc(Cl)cc1Cl. The molecule has 0 saturated heterocycles. The highest BCUT2D eigenvalue weighted by molar-refractivity contribution is 6.36. The Morgan fingerprint density at radius 2 is 1.05 bits per heavy atom. The smallest absolute Gasteiger partial charge is 0.316 e. The van der Waals surface area contributed by atoms with Crippen LogP contribution in [0.4, 0.5) is 28.7 Å². The van der Waals surface area contributed by atoms with Crippen molar-refractivity contribution in [3.63, 3.8) is 0 Å². The number of amides is 3. The summed E-state index contributed by atoms with van der Waals surface area (Å²) in [6.45, 7) is -3.96. The molecule has 1 unspecified atom stereocenters. The number of hydrogen-bond acceptors (Lipinski definition) is 24. The first kappa shape index (κ1) is 74.4. The Morgan fingerprint density at radius 3 is 1.51 bits per heavy atom. The summed E-state index contributed by atoms with van der Waals surface area (Å²) in [6.07, 6.45) is 14.7. The molecule has 3 fully saturated rings. The summed E-state index contributed by atoms with van der Waals surface area (Å²) in [6, 6.07) is 17.9. The van der Waals surface area contributed by atoms with Gasteiger partial charge in [-0.1, -0.05) is 97.7 Å². The number of benzene rings is 2. The third-order valence-corrected chi connectivity index (χ3v) is 16.7. The van der Waals surface area contributed by atoms with Crippen molar-refractivity contribution < 1.29 is 74.4 Å². The molecule has 7 heterocycles. The summed E-state index contributed by atoms with van der Waals surface area (Å²) >= 11 is 28.4. The molecule has 9 aromatic rings. The molecule has 0 radical (unpaired) electrons. The number of nitrogens with one attached hydrogen (secondary N) is 4. The summed E-state index contributed by atoms with van der Waals surface area (Å²) in [4.78, 5) is 142. The molecule has 582 valence electrons. The van der Waals surface area contributed by atoms with Crippen LogP contribution in [0, 0.1) is 23.7 Å². The molecule has 3 aliphatic carbocycles. The zero-order chi connectivity index (χ0) is 88.6. The quantitative estimate of drug-likeness (QED) is 0.0114. The highest BCUT2D eigenvalue weighted by atomic mass is 35.5. The van der Waals surface area contributed by atoms with Crippen LogP contribution in [0.1, 0.15) is 163 Å². The summed E-state index contributed by atoms with van der Waals surface area (Å²) in [5.74, 6) is -2.09. The molecule has 8 N–H and O–H groups in total. The Kier molecular flexibility index (Phi) is 28.8. The molecule has 12 rings (SSSR count). The number of aryl methyl sites for hydroxylation is 2. The molecule has 30 nitrogen and oxygen atoms in total. The van der Waals surface area contributed by atoms with Gasteiger partial charge in [0.1, 0.15) is 51.4 Å². The minimum atomic E-state index is -2.84. The van der Waals surface area contributed by atoms with E-state index in [4.69, 9.17) is 96.0 Å². The van der Waals surface area contributed by atoms with Gasteiger partial charge in [0.2, 0.25) is 17.7 Å². The number of aromatic nitrogens is 11. The molecule has 2 aromatic carbocycles. The number of primary amides is 1. The van der Waals surface area contributed by atoms with E-state index in [1.54, 1.807) is 69.3 Å². The fraction of sp³-hybridized carbons (Fsp3) is 0.333. The zero-order valence-corrected chi connectivity index (χ0v) is 64.3. The van der Waals surface area contributed by atoms with E-state index in [-0.39, 0.29) is 90.0 Å². The Hall–Kier alpha value is -11.1. The van der Waals surface area contributed by atoms with Crippen LogP contribution in [0.3, 0.4) is 0 Å². The van der Waals surface area contributed by atoms with Gasteiger partial charge in [-0.25, -0.2) is 29.9 Å². The minimum Gasteiger partial charge on any atom is -0.496 e. The number of nitrogen functional groups attached to an aromatic ring is 1. The first-order chi connectivity index (χ1) is 55.9. The number of rotatable bonds is 23. The lowest BCUT2D eigenvalue weighted by Gasteiger charge is -2.16. The molecule has 3 aliphatic rings. The third-order valence-electron chi connectivity index (χ3n) is 15.4. The highest BCUT2D eigenvalue weighted by Crippen LogP contribution is 2.39. The van der Waals surface area contributed by atoms with Crippen LogP contribution >= 0.6 is 58.0 Å². The standard InChI is InChI=1S/C22H24N6O3.C12H13ClN2O2.C11H12ClNO4.C10H12N4O.C8H7Cl2NO.C8H8ClNO2.C4H7NO/c1-4-18(29)15-11-23-19(26-22(30)13-8-9-13)10-17(15)25-16-7-5-6-14(20(16)31-3)21-24-12-28(2)27-21;1-2-10(16)8-6-14-11(5-9(8)13)15-12(17)7-3-4-7;1-6(11(15)17-3)10(14)7-5-13-9(12)4-8(7)16-2;1-14-6-12-10(13-14)7-4-3-5-8(11)9(7)15-2;1-2-7(12)5-4-11-8(10)3-6(5)9;1-2-6(11)5-4-10-8(9)3-7(5)12;5-4(6)3-1-2-3/h5-7,10-13H,4,8-9H2,1-3H3,(H2,23,25,26,30);5-7H,2-4H2,1H3,(H,14,15,17);4-6H,1-3H3;3-6H,11H2,1-2H3;3-4H,2H2,1H3;3-4H,2H2,1H3,(H,10,12);3H,1-2H2,(H2,5,6)/i;;1D3;;2*1D3;. The number of halogens is 5. The lowest BCUT2D eigenvalue weighted by Crippen LogP contribution is -2.23. The van der Waals surface area contributed by atoms with Crippen LogP contribution in [0.2, 0.25) is 25.5 Å². The van der Waals surface area contributed by atoms with Crippen LogP contribution in [-0.2, 0) is 38.0 Å². The maximum Gasteiger partial charge on any atom is 0.316 e. The van der Waals surface area contributed by atoms with E-state index in [1.807, 2.05) is 37.4 Å². The number of carbonyl (C=O) groups excluding carboxylic acids is 9. The summed E-state index contributed by atoms with van der Waals surface area (Å²) in [5.41, 5.74) is 13.9. The largest absolute Gasteiger partial charge is 0.496 e. The van der Waals surface area contributed by atoms with Gasteiger partial charge < -0.3 is 51.3 Å². The predicted octanol–water partition coefficient (Wildman–Crippen LogP) is 13.5. The van der Waals surface area contributed by atoms with Gasteiger partial charge >= 0.3 is 5.97 Å². The molecular formula is C75H83Cl5N16O14. The van der Waals surface area contributed by atoms with Crippen molar-refractivity contribution in [2.45, 2.75) is 98.6 Å². The molecule has 110 heavy (non-hydrogen) atoms. The van der Waals surface area contributed by atoms with E-state index in [9.17, 15) is 47.9 Å². The number of para-hydroxylation sites is 2. The number of nitrogens with two attached hydrogens (primary N) is 2. The van der Waals surface area contributed by atoms with Gasteiger partial charge in [-0.3, -0.25) is 57.3 Å². The second-order valence-electron chi connectivity index (χ2n) is 23.6. The predicted molar refractivity (Wildman–Crippen MR) is 418 cm³/mol. The number of Topliss-reactive ketones (excluding diaryl/α,β-unsaturated/α-hetero) is 5. The second kappa shape index (κ2) is 42.6. The monoisotopic (exact) mass is 1620 g/mol. The number of carbonyl (C=O) groups is 9.